The first-order chi connectivity index (χ1) is 9.19. The van der Waals surface area contributed by atoms with E-state index >= 15 is 0 Å². The van der Waals surface area contributed by atoms with E-state index in [0.29, 0.717) is 24.5 Å². The van der Waals surface area contributed by atoms with Crippen LogP contribution in [0.1, 0.15) is 5.56 Å². The van der Waals surface area contributed by atoms with Crippen molar-refractivity contribution in [3.05, 3.63) is 69.7 Å². The minimum absolute atomic E-state index is 0.243. The van der Waals surface area contributed by atoms with Gasteiger partial charge in [0.05, 0.1) is 13.2 Å². The molecule has 0 aliphatic rings. The fourth-order valence-electron chi connectivity index (χ4n) is 1.63. The fraction of sp³-hybridized carbons (Fsp3) is 0.133. The predicted molar refractivity (Wildman–Crippen MR) is 76.0 cm³/mol. The number of ether oxygens (including phenoxy) is 1. The highest BCUT2D eigenvalue weighted by Crippen LogP contribution is 2.30. The largest absolute Gasteiger partial charge is 0.504 e. The maximum absolute atomic E-state index is 12.7. The van der Waals surface area contributed by atoms with Gasteiger partial charge in [-0.2, -0.15) is 0 Å². The van der Waals surface area contributed by atoms with Crippen LogP contribution in [0.4, 0.5) is 10.1 Å². The average molecular weight is 320 g/mol. The minimum atomic E-state index is -0.243. The van der Waals surface area contributed by atoms with Crippen molar-refractivity contribution in [1.29, 1.82) is 0 Å². The van der Waals surface area contributed by atoms with E-state index in [9.17, 15) is 4.39 Å². The van der Waals surface area contributed by atoms with Gasteiger partial charge in [0.15, 0.2) is 0 Å². The van der Waals surface area contributed by atoms with Crippen LogP contribution in [0.3, 0.4) is 0 Å². The first-order valence-corrected chi connectivity index (χ1v) is 6.52. The van der Waals surface area contributed by atoms with Crippen LogP contribution in [0.25, 0.3) is 4.85 Å². The molecule has 2 aromatic carbocycles. The molecule has 0 heterocycles. The lowest BCUT2D eigenvalue weighted by atomic mass is 10.2. The second kappa shape index (κ2) is 6.35. The maximum atomic E-state index is 12.7. The van der Waals surface area contributed by atoms with Crippen LogP contribution in [-0.4, -0.2) is 6.61 Å². The molecule has 0 radical (unpaired) electrons. The van der Waals surface area contributed by atoms with Crippen molar-refractivity contribution in [2.75, 3.05) is 6.61 Å². The summed E-state index contributed by atoms with van der Waals surface area (Å²) in [6.07, 6.45) is 0.674. The molecule has 19 heavy (non-hydrogen) atoms. The van der Waals surface area contributed by atoms with Gasteiger partial charge in [0.25, 0.3) is 0 Å². The Hall–Kier alpha value is -1.86. The summed E-state index contributed by atoms with van der Waals surface area (Å²) in [7, 11) is 0. The molecule has 0 N–H and O–H groups in total. The first kappa shape index (κ1) is 13.6. The van der Waals surface area contributed by atoms with Crippen molar-refractivity contribution in [2.24, 2.45) is 0 Å². The molecule has 0 spiro atoms. The first-order valence-electron chi connectivity index (χ1n) is 5.73. The molecule has 0 aromatic heterocycles. The van der Waals surface area contributed by atoms with E-state index in [-0.39, 0.29) is 5.82 Å². The van der Waals surface area contributed by atoms with E-state index in [4.69, 9.17) is 11.3 Å². The van der Waals surface area contributed by atoms with Gasteiger partial charge in [-0.15, -0.1) is 0 Å². The molecule has 0 aliphatic heterocycles. The summed E-state index contributed by atoms with van der Waals surface area (Å²) >= 11 is 3.31. The number of hydrogen-bond donors (Lipinski definition) is 0. The lowest BCUT2D eigenvalue weighted by molar-refractivity contribution is 0.324. The van der Waals surface area contributed by atoms with E-state index in [0.717, 1.165) is 10.0 Å². The summed E-state index contributed by atoms with van der Waals surface area (Å²) in [5.74, 6) is 0.327. The molecule has 2 nitrogen and oxygen atoms in total. The molecule has 2 rings (SSSR count). The summed E-state index contributed by atoms with van der Waals surface area (Å²) < 4.78 is 19.2. The molecule has 2 aromatic rings. The third-order valence-corrected chi connectivity index (χ3v) is 3.10. The summed E-state index contributed by atoms with van der Waals surface area (Å²) in [5.41, 5.74) is 1.48. The molecule has 96 valence electrons. The Morgan fingerprint density at radius 2 is 1.89 bits per heavy atom. The van der Waals surface area contributed by atoms with Crippen molar-refractivity contribution in [1.82, 2.24) is 0 Å². The van der Waals surface area contributed by atoms with Gasteiger partial charge in [0.1, 0.15) is 11.6 Å². The average Bonchev–Trinajstić information content (AvgIpc) is 2.42. The maximum Gasteiger partial charge on any atom is 0.229 e. The third-order valence-electron chi connectivity index (χ3n) is 2.60. The van der Waals surface area contributed by atoms with Crippen LogP contribution >= 0.6 is 15.9 Å². The Labute approximate surface area is 119 Å². The quantitative estimate of drug-likeness (QED) is 0.741. The Morgan fingerprint density at radius 3 is 2.58 bits per heavy atom. The summed E-state index contributed by atoms with van der Waals surface area (Å²) in [6, 6.07) is 11.6. The Balaban J connectivity index is 1.96. The molecule has 0 aliphatic carbocycles. The number of hydrogen-bond acceptors (Lipinski definition) is 1. The highest BCUT2D eigenvalue weighted by Gasteiger charge is 2.04. The lowest BCUT2D eigenvalue weighted by Gasteiger charge is -2.08. The summed E-state index contributed by atoms with van der Waals surface area (Å²) in [4.78, 5) is 3.41. The Morgan fingerprint density at radius 1 is 1.16 bits per heavy atom. The molecule has 0 amide bonds. The van der Waals surface area contributed by atoms with Crippen molar-refractivity contribution in [3.63, 3.8) is 0 Å². The SMILES string of the molecule is [C-]#[N+]c1cc(Br)ccc1OCCc1ccc(F)cc1. The van der Waals surface area contributed by atoms with E-state index in [2.05, 4.69) is 20.8 Å². The van der Waals surface area contributed by atoms with Gasteiger partial charge in [-0.1, -0.05) is 28.1 Å². The van der Waals surface area contributed by atoms with Crippen molar-refractivity contribution >= 4 is 21.6 Å². The van der Waals surface area contributed by atoms with E-state index in [1.165, 1.54) is 12.1 Å². The fourth-order valence-corrected chi connectivity index (χ4v) is 1.98. The lowest BCUT2D eigenvalue weighted by Crippen LogP contribution is -2.01. The van der Waals surface area contributed by atoms with Crippen LogP contribution in [0, 0.1) is 12.4 Å². The zero-order valence-corrected chi connectivity index (χ0v) is 11.7. The second-order valence-corrected chi connectivity index (χ2v) is 4.86. The molecule has 0 fully saturated rings. The molecule has 0 unspecified atom stereocenters. The van der Waals surface area contributed by atoms with Gasteiger partial charge < -0.3 is 4.74 Å². The van der Waals surface area contributed by atoms with Gasteiger partial charge in [-0.3, -0.25) is 0 Å². The molecular weight excluding hydrogens is 309 g/mol. The Kier molecular flexibility index (Phi) is 4.53. The van der Waals surface area contributed by atoms with E-state index in [1.54, 1.807) is 24.3 Å². The van der Waals surface area contributed by atoms with Gasteiger partial charge in [0, 0.05) is 10.9 Å². The van der Waals surface area contributed by atoms with Gasteiger partial charge in [-0.25, -0.2) is 9.24 Å². The molecular formula is C15H11BrFNO. The van der Waals surface area contributed by atoms with E-state index in [1.807, 2.05) is 6.07 Å². The minimum Gasteiger partial charge on any atom is -0.504 e. The topological polar surface area (TPSA) is 13.6 Å². The Bertz CT molecular complexity index is 605. The normalized spacial score (nSPS) is 9.95. The molecule has 4 heteroatoms. The van der Waals surface area contributed by atoms with Crippen LogP contribution in [0.5, 0.6) is 5.75 Å². The zero-order valence-electron chi connectivity index (χ0n) is 10.1. The van der Waals surface area contributed by atoms with Crippen LogP contribution in [-0.2, 0) is 6.42 Å². The monoisotopic (exact) mass is 319 g/mol. The van der Waals surface area contributed by atoms with E-state index < -0.39 is 0 Å². The van der Waals surface area contributed by atoms with Gasteiger partial charge >= 0.3 is 0 Å². The smallest absolute Gasteiger partial charge is 0.229 e. The number of rotatable bonds is 4. The van der Waals surface area contributed by atoms with Gasteiger partial charge in [0.2, 0.25) is 5.69 Å². The molecule has 0 bridgehead atoms. The van der Waals surface area contributed by atoms with Crippen LogP contribution in [0.2, 0.25) is 0 Å². The summed E-state index contributed by atoms with van der Waals surface area (Å²) in [5, 5.41) is 0. The third kappa shape index (κ3) is 3.80. The standard InChI is InChI=1S/C15H11BrFNO/c1-18-14-10-12(16)4-7-15(14)19-9-8-11-2-5-13(17)6-3-11/h2-7,10H,8-9H2. The van der Waals surface area contributed by atoms with Crippen LogP contribution in [0.15, 0.2) is 46.9 Å². The number of halogens is 2. The van der Waals surface area contributed by atoms with Crippen molar-refractivity contribution in [2.45, 2.75) is 6.42 Å². The van der Waals surface area contributed by atoms with Crippen molar-refractivity contribution in [3.8, 4) is 5.75 Å². The molecule has 0 saturated heterocycles. The highest BCUT2D eigenvalue weighted by atomic mass is 79.9. The molecule has 0 atom stereocenters. The molecule has 0 saturated carbocycles. The number of benzene rings is 2. The zero-order chi connectivity index (χ0) is 13.7. The summed E-state index contributed by atoms with van der Waals surface area (Å²) in [6.45, 7) is 7.54. The predicted octanol–water partition coefficient (Wildman–Crippen LogP) is 4.76. The second-order valence-electron chi connectivity index (χ2n) is 3.95. The van der Waals surface area contributed by atoms with Gasteiger partial charge in [-0.05, 0) is 35.9 Å². The van der Waals surface area contributed by atoms with Crippen LogP contribution < -0.4 is 4.74 Å². The van der Waals surface area contributed by atoms with Crippen molar-refractivity contribution < 1.29 is 9.13 Å². The number of nitrogens with zero attached hydrogens (tertiary/aromatic N) is 1. The highest BCUT2D eigenvalue weighted by molar-refractivity contribution is 9.10.